The maximum atomic E-state index is 13.1. The fraction of sp³-hybridized carbons (Fsp3) is 0.917. The number of ether oxygens (including phenoxy) is 2. The van der Waals surface area contributed by atoms with E-state index in [9.17, 15) is 30.3 Å². The van der Waals surface area contributed by atoms with Gasteiger partial charge in [-0.3, -0.25) is 4.79 Å². The van der Waals surface area contributed by atoms with E-state index in [0.29, 0.717) is 6.42 Å². The Balaban J connectivity index is 2.22. The van der Waals surface area contributed by atoms with E-state index in [0.717, 1.165) is 38.5 Å². The van der Waals surface area contributed by atoms with Crippen LogP contribution in [-0.4, -0.2) is 87.5 Å². The summed E-state index contributed by atoms with van der Waals surface area (Å²) < 4.78 is 11.3. The SMILES string of the molecule is CCCCCCCCCCCCCCCCCCC/C=C/CC/C=C/C(O)C(COC1OC(CO)C(O)C(O)C1O)NC(=O)CCCCCCCCCCCCCCCCCCCCCCCCC. The van der Waals surface area contributed by atoms with Crippen LogP contribution in [0, 0.1) is 0 Å². The summed E-state index contributed by atoms with van der Waals surface area (Å²) in [6.07, 6.45) is 56.8. The molecule has 0 aromatic rings. The summed E-state index contributed by atoms with van der Waals surface area (Å²) >= 11 is 0. The number of nitrogens with one attached hydrogen (secondary N) is 1. The Kier molecular flexibility index (Phi) is 47.8. The minimum atomic E-state index is -1.57. The maximum absolute atomic E-state index is 13.1. The zero-order valence-corrected chi connectivity index (χ0v) is 45.3. The normalized spacial score (nSPS) is 19.6. The van der Waals surface area contributed by atoms with Crippen LogP contribution >= 0.6 is 0 Å². The van der Waals surface area contributed by atoms with Crippen LogP contribution in [0.4, 0.5) is 0 Å². The van der Waals surface area contributed by atoms with Crippen LogP contribution in [0.25, 0.3) is 0 Å². The standard InChI is InChI=1S/C60H115NO8/c1-3-5-7-9-11-13-15-17-19-21-23-25-27-29-31-33-35-37-39-41-43-45-47-49-54(63)53(52-68-60-59(67)58(66)57(65)55(51-62)69-60)61-56(64)50-48-46-44-42-40-38-36-34-32-30-28-26-24-22-20-18-16-14-12-10-8-6-4-2/h39,41,47,49,53-55,57-60,62-63,65-67H,3-38,40,42-46,48,50-52H2,1-2H3,(H,61,64)/b41-39+,49-47+. The number of aliphatic hydroxyl groups is 5. The monoisotopic (exact) mass is 978 g/mol. The average molecular weight is 979 g/mol. The Morgan fingerprint density at radius 1 is 0.478 bits per heavy atom. The summed E-state index contributed by atoms with van der Waals surface area (Å²) in [5, 5.41) is 54.5. The Hall–Kier alpha value is -1.33. The fourth-order valence-corrected chi connectivity index (χ4v) is 9.76. The van der Waals surface area contributed by atoms with Gasteiger partial charge in [0.1, 0.15) is 24.4 Å². The first kappa shape index (κ1) is 65.7. The van der Waals surface area contributed by atoms with Crippen LogP contribution in [-0.2, 0) is 14.3 Å². The van der Waals surface area contributed by atoms with Gasteiger partial charge in [-0.2, -0.15) is 0 Å². The Morgan fingerprint density at radius 2 is 0.826 bits per heavy atom. The highest BCUT2D eigenvalue weighted by Gasteiger charge is 2.44. The molecule has 1 heterocycles. The van der Waals surface area contributed by atoms with E-state index in [-0.39, 0.29) is 12.5 Å². The highest BCUT2D eigenvalue weighted by atomic mass is 16.7. The molecule has 408 valence electrons. The quantitative estimate of drug-likeness (QED) is 0.0261. The Bertz CT molecular complexity index is 1130. The number of hydrogen-bond donors (Lipinski definition) is 6. The van der Waals surface area contributed by atoms with Crippen molar-refractivity contribution < 1.29 is 39.8 Å². The number of amides is 1. The topological polar surface area (TPSA) is 149 Å². The van der Waals surface area contributed by atoms with Crippen LogP contribution in [0.3, 0.4) is 0 Å². The lowest BCUT2D eigenvalue weighted by Crippen LogP contribution is -2.60. The molecule has 69 heavy (non-hydrogen) atoms. The van der Waals surface area contributed by atoms with Crippen LogP contribution in [0.2, 0.25) is 0 Å². The Labute approximate surface area is 426 Å². The van der Waals surface area contributed by atoms with Gasteiger partial charge in [-0.05, 0) is 32.1 Å². The molecule has 0 aliphatic carbocycles. The lowest BCUT2D eigenvalue weighted by Gasteiger charge is -2.40. The third kappa shape index (κ3) is 39.8. The molecule has 0 aromatic heterocycles. The van der Waals surface area contributed by atoms with Crippen LogP contribution in [0.5, 0.6) is 0 Å². The summed E-state index contributed by atoms with van der Waals surface area (Å²) in [6.45, 7) is 3.81. The molecule has 1 amide bonds. The minimum Gasteiger partial charge on any atom is -0.394 e. The predicted molar refractivity (Wildman–Crippen MR) is 290 cm³/mol. The summed E-state index contributed by atoms with van der Waals surface area (Å²) in [6, 6.07) is -0.819. The molecule has 0 aromatic carbocycles. The van der Waals surface area contributed by atoms with Gasteiger partial charge in [-0.15, -0.1) is 0 Å². The largest absolute Gasteiger partial charge is 0.394 e. The van der Waals surface area contributed by atoms with Gasteiger partial charge in [-0.25, -0.2) is 0 Å². The van der Waals surface area contributed by atoms with Gasteiger partial charge in [0.2, 0.25) is 5.91 Å². The number of carbonyl (C=O) groups is 1. The first-order valence-electron chi connectivity index (χ1n) is 30.1. The molecule has 0 saturated carbocycles. The van der Waals surface area contributed by atoms with Gasteiger partial charge in [0, 0.05) is 6.42 Å². The summed E-state index contributed by atoms with van der Waals surface area (Å²) in [4.78, 5) is 13.1. The molecular weight excluding hydrogens is 863 g/mol. The van der Waals surface area contributed by atoms with Crippen molar-refractivity contribution in [3.63, 3.8) is 0 Å². The van der Waals surface area contributed by atoms with Gasteiger partial charge in [0.15, 0.2) is 6.29 Å². The van der Waals surface area contributed by atoms with Crippen molar-refractivity contribution in [3.8, 4) is 0 Å². The van der Waals surface area contributed by atoms with Crippen molar-refractivity contribution in [2.75, 3.05) is 13.2 Å². The van der Waals surface area contributed by atoms with E-state index in [1.54, 1.807) is 6.08 Å². The first-order chi connectivity index (χ1) is 33.8. The molecule has 1 rings (SSSR count). The van der Waals surface area contributed by atoms with E-state index >= 15 is 0 Å². The highest BCUT2D eigenvalue weighted by molar-refractivity contribution is 5.76. The molecule has 9 nitrogen and oxygen atoms in total. The van der Waals surface area contributed by atoms with Crippen LogP contribution < -0.4 is 5.32 Å². The second-order valence-electron chi connectivity index (χ2n) is 21.1. The van der Waals surface area contributed by atoms with E-state index < -0.39 is 49.5 Å². The zero-order valence-electron chi connectivity index (χ0n) is 45.3. The van der Waals surface area contributed by atoms with Crippen LogP contribution in [0.1, 0.15) is 296 Å². The van der Waals surface area contributed by atoms with E-state index in [4.69, 9.17) is 9.47 Å². The minimum absolute atomic E-state index is 0.180. The van der Waals surface area contributed by atoms with Gasteiger partial charge >= 0.3 is 0 Å². The summed E-state index contributed by atoms with van der Waals surface area (Å²) in [5.41, 5.74) is 0. The van der Waals surface area contributed by atoms with Crippen molar-refractivity contribution in [2.24, 2.45) is 0 Å². The van der Waals surface area contributed by atoms with Crippen molar-refractivity contribution >= 4 is 5.91 Å². The molecule has 1 fully saturated rings. The van der Waals surface area contributed by atoms with Crippen molar-refractivity contribution in [1.29, 1.82) is 0 Å². The molecule has 0 bridgehead atoms. The molecule has 7 unspecified atom stereocenters. The molecule has 9 heteroatoms. The number of allylic oxidation sites excluding steroid dienone is 3. The smallest absolute Gasteiger partial charge is 0.220 e. The van der Waals surface area contributed by atoms with Gasteiger partial charge in [0.25, 0.3) is 0 Å². The van der Waals surface area contributed by atoms with E-state index in [2.05, 4.69) is 31.3 Å². The Morgan fingerprint density at radius 3 is 1.22 bits per heavy atom. The zero-order chi connectivity index (χ0) is 50.1. The second-order valence-corrected chi connectivity index (χ2v) is 21.1. The number of hydrogen-bond acceptors (Lipinski definition) is 8. The lowest BCUT2D eigenvalue weighted by molar-refractivity contribution is -0.302. The number of unbranched alkanes of at least 4 members (excludes halogenated alkanes) is 40. The maximum Gasteiger partial charge on any atom is 0.220 e. The highest BCUT2D eigenvalue weighted by Crippen LogP contribution is 2.23. The number of rotatable bonds is 52. The predicted octanol–water partition coefficient (Wildman–Crippen LogP) is 15.0. The number of carbonyl (C=O) groups excluding carboxylic acids is 1. The molecule has 1 aliphatic rings. The molecule has 1 saturated heterocycles. The molecule has 6 N–H and O–H groups in total. The molecule has 1 aliphatic heterocycles. The first-order valence-corrected chi connectivity index (χ1v) is 30.1. The van der Waals surface area contributed by atoms with E-state index in [1.165, 1.54) is 238 Å². The third-order valence-electron chi connectivity index (χ3n) is 14.5. The molecular formula is C60H115NO8. The fourth-order valence-electron chi connectivity index (χ4n) is 9.76. The summed E-state index contributed by atoms with van der Waals surface area (Å²) in [5.74, 6) is -0.180. The second kappa shape index (κ2) is 50.2. The average Bonchev–Trinajstić information content (AvgIpc) is 3.35. The van der Waals surface area contributed by atoms with E-state index in [1.807, 2.05) is 6.08 Å². The molecule has 7 atom stereocenters. The van der Waals surface area contributed by atoms with Crippen molar-refractivity contribution in [2.45, 2.75) is 339 Å². The van der Waals surface area contributed by atoms with Gasteiger partial charge in [-0.1, -0.05) is 282 Å². The van der Waals surface area contributed by atoms with Crippen molar-refractivity contribution in [1.82, 2.24) is 5.32 Å². The molecule has 0 spiro atoms. The van der Waals surface area contributed by atoms with Crippen LogP contribution in [0.15, 0.2) is 24.3 Å². The van der Waals surface area contributed by atoms with Gasteiger partial charge < -0.3 is 40.3 Å². The number of aliphatic hydroxyl groups excluding tert-OH is 5. The summed E-state index contributed by atoms with van der Waals surface area (Å²) in [7, 11) is 0. The van der Waals surface area contributed by atoms with Crippen molar-refractivity contribution in [3.05, 3.63) is 24.3 Å². The lowest BCUT2D eigenvalue weighted by atomic mass is 9.99. The van der Waals surface area contributed by atoms with Gasteiger partial charge in [0.05, 0.1) is 25.4 Å². The molecule has 0 radical (unpaired) electrons. The third-order valence-corrected chi connectivity index (χ3v) is 14.5.